The zero-order valence-corrected chi connectivity index (χ0v) is 13.5. The number of rotatable bonds is 4. The summed E-state index contributed by atoms with van der Waals surface area (Å²) in [6.07, 6.45) is 0. The lowest BCUT2D eigenvalue weighted by Gasteiger charge is -2.17. The fraction of sp³-hybridized carbons (Fsp3) is 0.429. The number of thiophene rings is 1. The van der Waals surface area contributed by atoms with Gasteiger partial charge in [-0.05, 0) is 60.9 Å². The van der Waals surface area contributed by atoms with E-state index in [0.29, 0.717) is 0 Å². The van der Waals surface area contributed by atoms with Crippen LogP contribution in [0.5, 0.6) is 0 Å². The monoisotopic (exact) mass is 327 g/mol. The predicted octanol–water partition coefficient (Wildman–Crippen LogP) is 4.73. The third-order valence-corrected chi connectivity index (χ3v) is 4.61. The summed E-state index contributed by atoms with van der Waals surface area (Å²) in [6.45, 7) is 9.25. The van der Waals surface area contributed by atoms with Gasteiger partial charge < -0.3 is 9.73 Å². The van der Waals surface area contributed by atoms with E-state index in [2.05, 4.69) is 47.2 Å². The van der Waals surface area contributed by atoms with Gasteiger partial charge in [0.05, 0.1) is 9.83 Å². The van der Waals surface area contributed by atoms with Crippen molar-refractivity contribution >= 4 is 27.3 Å². The Kier molecular flexibility index (Phi) is 4.30. The molecule has 0 bridgehead atoms. The van der Waals surface area contributed by atoms with E-state index in [4.69, 9.17) is 4.42 Å². The van der Waals surface area contributed by atoms with Gasteiger partial charge in [-0.15, -0.1) is 11.3 Å². The van der Waals surface area contributed by atoms with Crippen molar-refractivity contribution in [1.29, 1.82) is 0 Å². The molecule has 0 spiro atoms. The predicted molar refractivity (Wildman–Crippen MR) is 80.5 cm³/mol. The minimum Gasteiger partial charge on any atom is -0.466 e. The highest BCUT2D eigenvalue weighted by molar-refractivity contribution is 9.11. The van der Waals surface area contributed by atoms with E-state index in [9.17, 15) is 0 Å². The Bertz CT molecular complexity index is 498. The summed E-state index contributed by atoms with van der Waals surface area (Å²) in [7, 11) is 0. The molecule has 18 heavy (non-hydrogen) atoms. The molecule has 0 saturated heterocycles. The van der Waals surface area contributed by atoms with E-state index >= 15 is 0 Å². The summed E-state index contributed by atoms with van der Waals surface area (Å²) in [5, 5.41) is 3.55. The first-order valence-electron chi connectivity index (χ1n) is 6.09. The molecule has 1 atom stereocenters. The van der Waals surface area contributed by atoms with Crippen LogP contribution in [0.25, 0.3) is 0 Å². The van der Waals surface area contributed by atoms with Crippen molar-refractivity contribution in [2.45, 2.75) is 33.7 Å². The minimum absolute atomic E-state index is 0.218. The normalized spacial score (nSPS) is 12.9. The third-order valence-electron chi connectivity index (χ3n) is 3.04. The summed E-state index contributed by atoms with van der Waals surface area (Å²) < 4.78 is 6.84. The zero-order valence-electron chi connectivity index (χ0n) is 11.1. The maximum absolute atomic E-state index is 5.66. The number of aryl methyl sites for hydroxylation is 3. The summed E-state index contributed by atoms with van der Waals surface area (Å²) in [5.41, 5.74) is 2.57. The van der Waals surface area contributed by atoms with Crippen LogP contribution >= 0.6 is 27.3 Å². The Hall–Kier alpha value is -0.580. The molecular formula is C14H18BrNOS. The number of furan rings is 1. The Morgan fingerprint density at radius 3 is 2.44 bits per heavy atom. The molecule has 0 fully saturated rings. The van der Waals surface area contributed by atoms with Crippen LogP contribution in [0.15, 0.2) is 20.3 Å². The molecule has 0 aliphatic carbocycles. The summed E-state index contributed by atoms with van der Waals surface area (Å²) >= 11 is 5.34. The fourth-order valence-electron chi connectivity index (χ4n) is 2.27. The molecular weight excluding hydrogens is 310 g/mol. The lowest BCUT2D eigenvalue weighted by molar-refractivity contribution is 0.495. The molecule has 4 heteroatoms. The lowest BCUT2D eigenvalue weighted by atomic mass is 10.00. The Morgan fingerprint density at radius 2 is 2.00 bits per heavy atom. The zero-order chi connectivity index (χ0) is 13.3. The molecule has 2 rings (SSSR count). The van der Waals surface area contributed by atoms with Crippen LogP contribution < -0.4 is 5.32 Å². The molecule has 1 N–H and O–H groups in total. The topological polar surface area (TPSA) is 25.2 Å². The highest BCUT2D eigenvalue weighted by atomic mass is 79.9. The highest BCUT2D eigenvalue weighted by Crippen LogP contribution is 2.35. The maximum Gasteiger partial charge on any atom is 0.106 e. The lowest BCUT2D eigenvalue weighted by Crippen LogP contribution is -2.22. The van der Waals surface area contributed by atoms with E-state index in [1.54, 1.807) is 11.3 Å². The molecule has 2 aromatic heterocycles. The van der Waals surface area contributed by atoms with E-state index in [-0.39, 0.29) is 6.04 Å². The van der Waals surface area contributed by atoms with Crippen molar-refractivity contribution in [1.82, 2.24) is 5.32 Å². The second-order valence-corrected chi connectivity index (χ2v) is 7.06. The van der Waals surface area contributed by atoms with Crippen LogP contribution in [0, 0.1) is 20.8 Å². The molecule has 98 valence electrons. The van der Waals surface area contributed by atoms with Crippen molar-refractivity contribution in [3.63, 3.8) is 0 Å². The molecule has 0 aromatic carbocycles. The van der Waals surface area contributed by atoms with Gasteiger partial charge in [-0.25, -0.2) is 0 Å². The second-order valence-electron chi connectivity index (χ2n) is 4.42. The molecule has 1 unspecified atom stereocenters. The van der Waals surface area contributed by atoms with Gasteiger partial charge in [0.1, 0.15) is 11.5 Å². The molecule has 2 aromatic rings. The van der Waals surface area contributed by atoms with Gasteiger partial charge in [0.2, 0.25) is 0 Å². The molecule has 0 radical (unpaired) electrons. The molecule has 0 aliphatic heterocycles. The maximum atomic E-state index is 5.66. The van der Waals surface area contributed by atoms with Crippen LogP contribution in [0.3, 0.4) is 0 Å². The smallest absolute Gasteiger partial charge is 0.106 e. The van der Waals surface area contributed by atoms with Gasteiger partial charge in [-0.3, -0.25) is 0 Å². The first-order chi connectivity index (χ1) is 8.52. The second kappa shape index (κ2) is 5.59. The first-order valence-corrected chi connectivity index (χ1v) is 7.70. The van der Waals surface area contributed by atoms with Gasteiger partial charge in [0, 0.05) is 10.4 Å². The van der Waals surface area contributed by atoms with Crippen LogP contribution in [0.4, 0.5) is 0 Å². The molecule has 0 aliphatic rings. The van der Waals surface area contributed by atoms with Crippen molar-refractivity contribution < 1.29 is 4.42 Å². The van der Waals surface area contributed by atoms with Gasteiger partial charge >= 0.3 is 0 Å². The number of hydrogen-bond donors (Lipinski definition) is 1. The van der Waals surface area contributed by atoms with Crippen LogP contribution in [-0.4, -0.2) is 6.54 Å². The highest BCUT2D eigenvalue weighted by Gasteiger charge is 2.21. The van der Waals surface area contributed by atoms with Crippen molar-refractivity contribution in [2.24, 2.45) is 0 Å². The van der Waals surface area contributed by atoms with Gasteiger partial charge in [0.25, 0.3) is 0 Å². The van der Waals surface area contributed by atoms with E-state index in [1.165, 1.54) is 19.8 Å². The van der Waals surface area contributed by atoms with Crippen molar-refractivity contribution in [2.75, 3.05) is 6.54 Å². The Morgan fingerprint density at radius 1 is 1.28 bits per heavy atom. The van der Waals surface area contributed by atoms with Crippen molar-refractivity contribution in [3.8, 4) is 0 Å². The average molecular weight is 328 g/mol. The van der Waals surface area contributed by atoms with Gasteiger partial charge in [0.15, 0.2) is 0 Å². The van der Waals surface area contributed by atoms with Gasteiger partial charge in [-0.1, -0.05) is 6.92 Å². The summed E-state index contributed by atoms with van der Waals surface area (Å²) in [4.78, 5) is 1.34. The van der Waals surface area contributed by atoms with E-state index in [0.717, 1.165) is 18.1 Å². The average Bonchev–Trinajstić information content (AvgIpc) is 2.78. The summed E-state index contributed by atoms with van der Waals surface area (Å²) in [5.74, 6) is 1.97. The standard InChI is InChI=1S/C14H18BrNOS/c1-5-16-14(11-6-8(2)17-9(11)3)12-7-13(15)18-10(12)4/h6-7,14,16H,5H2,1-4H3. The Balaban J connectivity index is 2.46. The summed E-state index contributed by atoms with van der Waals surface area (Å²) in [6, 6.07) is 4.55. The molecule has 2 heterocycles. The number of hydrogen-bond acceptors (Lipinski definition) is 3. The van der Waals surface area contributed by atoms with Gasteiger partial charge in [-0.2, -0.15) is 0 Å². The molecule has 0 amide bonds. The van der Waals surface area contributed by atoms with Crippen molar-refractivity contribution in [3.05, 3.63) is 43.4 Å². The first kappa shape index (κ1) is 13.8. The molecule has 0 saturated carbocycles. The van der Waals surface area contributed by atoms with Crippen LogP contribution in [-0.2, 0) is 0 Å². The largest absolute Gasteiger partial charge is 0.466 e. The quantitative estimate of drug-likeness (QED) is 0.878. The Labute approximate surface area is 121 Å². The van der Waals surface area contributed by atoms with E-state index in [1.807, 2.05) is 13.8 Å². The molecule has 2 nitrogen and oxygen atoms in total. The van der Waals surface area contributed by atoms with Crippen LogP contribution in [0.1, 0.15) is 40.5 Å². The van der Waals surface area contributed by atoms with E-state index < -0.39 is 0 Å². The minimum atomic E-state index is 0.218. The fourth-order valence-corrected chi connectivity index (χ4v) is 4.02. The number of halogens is 1. The third kappa shape index (κ3) is 2.71. The number of nitrogens with one attached hydrogen (secondary N) is 1. The van der Waals surface area contributed by atoms with Crippen LogP contribution in [0.2, 0.25) is 0 Å². The SMILES string of the molecule is CCNC(c1cc(C)oc1C)c1cc(Br)sc1C.